The zero-order chi connectivity index (χ0) is 12.1. The highest BCUT2D eigenvalue weighted by molar-refractivity contribution is 5.17. The molecule has 0 aliphatic carbocycles. The Balaban J connectivity index is 1.98. The van der Waals surface area contributed by atoms with E-state index >= 15 is 0 Å². The van der Waals surface area contributed by atoms with Gasteiger partial charge in [0.25, 0.3) is 0 Å². The molecule has 0 saturated heterocycles. The molecule has 0 spiro atoms. The second kappa shape index (κ2) is 5.68. The van der Waals surface area contributed by atoms with Crippen molar-refractivity contribution in [1.29, 1.82) is 0 Å². The van der Waals surface area contributed by atoms with Crippen LogP contribution < -0.4 is 5.32 Å². The molecule has 0 atom stereocenters. The van der Waals surface area contributed by atoms with Gasteiger partial charge in [-0.25, -0.2) is 0 Å². The van der Waals surface area contributed by atoms with E-state index < -0.39 is 0 Å². The van der Waals surface area contributed by atoms with Crippen molar-refractivity contribution in [3.8, 4) is 0 Å². The Morgan fingerprint density at radius 1 is 1.47 bits per heavy atom. The standard InChI is InChI=1S/C13H19N3O/c1-3-5-14-8-13-12(4-6-17-13)10-16-9-11(2)7-15-16/h4,6-7,9,14H,3,5,8,10H2,1-2H3. The number of hydrogen-bond donors (Lipinski definition) is 1. The molecule has 4 heteroatoms. The minimum atomic E-state index is 0.771. The summed E-state index contributed by atoms with van der Waals surface area (Å²) < 4.78 is 7.42. The molecule has 0 saturated carbocycles. The first-order valence-corrected chi connectivity index (χ1v) is 6.04. The van der Waals surface area contributed by atoms with Crippen LogP contribution in [0.3, 0.4) is 0 Å². The van der Waals surface area contributed by atoms with Gasteiger partial charge in [-0.3, -0.25) is 4.68 Å². The monoisotopic (exact) mass is 233 g/mol. The van der Waals surface area contributed by atoms with Crippen molar-refractivity contribution < 1.29 is 4.42 Å². The van der Waals surface area contributed by atoms with Gasteiger partial charge in [-0.05, 0) is 31.5 Å². The van der Waals surface area contributed by atoms with Gasteiger partial charge in [-0.15, -0.1) is 0 Å². The predicted molar refractivity (Wildman–Crippen MR) is 66.8 cm³/mol. The van der Waals surface area contributed by atoms with Crippen molar-refractivity contribution in [2.75, 3.05) is 6.54 Å². The summed E-state index contributed by atoms with van der Waals surface area (Å²) in [4.78, 5) is 0. The molecule has 2 aromatic heterocycles. The number of rotatable bonds is 6. The minimum absolute atomic E-state index is 0.771. The average molecular weight is 233 g/mol. The van der Waals surface area contributed by atoms with Gasteiger partial charge in [0.15, 0.2) is 0 Å². The lowest BCUT2D eigenvalue weighted by atomic mass is 10.2. The topological polar surface area (TPSA) is 43.0 Å². The van der Waals surface area contributed by atoms with Crippen molar-refractivity contribution in [3.05, 3.63) is 41.6 Å². The lowest BCUT2D eigenvalue weighted by Gasteiger charge is -2.04. The van der Waals surface area contributed by atoms with Crippen LogP contribution in [0, 0.1) is 6.92 Å². The molecule has 0 aromatic carbocycles. The summed E-state index contributed by atoms with van der Waals surface area (Å²) in [6.45, 7) is 6.77. The highest BCUT2D eigenvalue weighted by Crippen LogP contribution is 2.12. The second-order valence-electron chi connectivity index (χ2n) is 4.26. The maximum atomic E-state index is 5.49. The number of furan rings is 1. The van der Waals surface area contributed by atoms with Gasteiger partial charge in [0.1, 0.15) is 5.76 Å². The molecule has 0 aliphatic rings. The molecule has 0 unspecified atom stereocenters. The molecule has 0 fully saturated rings. The van der Waals surface area contributed by atoms with E-state index in [4.69, 9.17) is 4.42 Å². The maximum absolute atomic E-state index is 5.49. The van der Waals surface area contributed by atoms with E-state index in [1.807, 2.05) is 30.1 Å². The predicted octanol–water partition coefficient (Wildman–Crippen LogP) is 2.33. The van der Waals surface area contributed by atoms with E-state index in [9.17, 15) is 0 Å². The third kappa shape index (κ3) is 3.20. The Morgan fingerprint density at radius 3 is 3.06 bits per heavy atom. The van der Waals surface area contributed by atoms with Crippen LogP contribution in [0.1, 0.15) is 30.2 Å². The van der Waals surface area contributed by atoms with Crippen molar-refractivity contribution in [3.63, 3.8) is 0 Å². The minimum Gasteiger partial charge on any atom is -0.468 e. The van der Waals surface area contributed by atoms with E-state index in [1.165, 1.54) is 11.1 Å². The number of nitrogens with zero attached hydrogens (tertiary/aromatic N) is 2. The van der Waals surface area contributed by atoms with Crippen molar-refractivity contribution >= 4 is 0 Å². The second-order valence-corrected chi connectivity index (χ2v) is 4.26. The smallest absolute Gasteiger partial charge is 0.122 e. The first kappa shape index (κ1) is 11.9. The van der Waals surface area contributed by atoms with Crippen LogP contribution in [-0.2, 0) is 13.1 Å². The molecule has 2 rings (SSSR count). The summed E-state index contributed by atoms with van der Waals surface area (Å²) in [6.07, 6.45) is 6.79. The number of hydrogen-bond acceptors (Lipinski definition) is 3. The highest BCUT2D eigenvalue weighted by atomic mass is 16.3. The fourth-order valence-electron chi connectivity index (χ4n) is 1.77. The Morgan fingerprint density at radius 2 is 2.35 bits per heavy atom. The van der Waals surface area contributed by atoms with Gasteiger partial charge >= 0.3 is 0 Å². The SMILES string of the molecule is CCCNCc1occc1Cn1cc(C)cn1. The van der Waals surface area contributed by atoms with Gasteiger partial charge in [-0.2, -0.15) is 5.10 Å². The third-order valence-corrected chi connectivity index (χ3v) is 2.64. The Labute approximate surface area is 102 Å². The number of nitrogens with one attached hydrogen (secondary N) is 1. The van der Waals surface area contributed by atoms with Crippen molar-refractivity contribution in [2.45, 2.75) is 33.4 Å². The van der Waals surface area contributed by atoms with Gasteiger partial charge < -0.3 is 9.73 Å². The first-order chi connectivity index (χ1) is 8.29. The van der Waals surface area contributed by atoms with Crippen molar-refractivity contribution in [2.24, 2.45) is 0 Å². The summed E-state index contributed by atoms with van der Waals surface area (Å²) >= 11 is 0. The Kier molecular flexibility index (Phi) is 3.98. The molecular formula is C13H19N3O. The Hall–Kier alpha value is -1.55. The summed E-state index contributed by atoms with van der Waals surface area (Å²) in [6, 6.07) is 2.01. The molecule has 2 aromatic rings. The third-order valence-electron chi connectivity index (χ3n) is 2.64. The zero-order valence-electron chi connectivity index (χ0n) is 10.4. The van der Waals surface area contributed by atoms with E-state index in [0.29, 0.717) is 0 Å². The van der Waals surface area contributed by atoms with Crippen molar-refractivity contribution in [1.82, 2.24) is 15.1 Å². The van der Waals surface area contributed by atoms with E-state index in [-0.39, 0.29) is 0 Å². The van der Waals surface area contributed by atoms with E-state index in [0.717, 1.165) is 31.8 Å². The molecule has 17 heavy (non-hydrogen) atoms. The first-order valence-electron chi connectivity index (χ1n) is 6.04. The zero-order valence-corrected chi connectivity index (χ0v) is 10.4. The van der Waals surface area contributed by atoms with Crippen LogP contribution >= 0.6 is 0 Å². The molecule has 92 valence electrons. The van der Waals surface area contributed by atoms with Crippen LogP contribution in [0.2, 0.25) is 0 Å². The normalized spacial score (nSPS) is 10.9. The lowest BCUT2D eigenvalue weighted by molar-refractivity contribution is 0.475. The molecule has 0 radical (unpaired) electrons. The van der Waals surface area contributed by atoms with Gasteiger partial charge in [0.05, 0.1) is 25.5 Å². The molecule has 4 nitrogen and oxygen atoms in total. The van der Waals surface area contributed by atoms with E-state index in [2.05, 4.69) is 17.3 Å². The molecule has 2 heterocycles. The Bertz CT molecular complexity index is 459. The molecule has 0 aliphatic heterocycles. The van der Waals surface area contributed by atoms with Gasteiger partial charge in [0.2, 0.25) is 0 Å². The van der Waals surface area contributed by atoms with Crippen LogP contribution in [0.25, 0.3) is 0 Å². The van der Waals surface area contributed by atoms with Crippen LogP contribution in [0.4, 0.5) is 0 Å². The largest absolute Gasteiger partial charge is 0.468 e. The molecule has 1 N–H and O–H groups in total. The lowest BCUT2D eigenvalue weighted by Crippen LogP contribution is -2.15. The summed E-state index contributed by atoms with van der Waals surface area (Å²) in [5.41, 5.74) is 2.37. The number of aryl methyl sites for hydroxylation is 1. The summed E-state index contributed by atoms with van der Waals surface area (Å²) in [5.74, 6) is 1.01. The van der Waals surface area contributed by atoms with Crippen LogP contribution in [-0.4, -0.2) is 16.3 Å². The van der Waals surface area contributed by atoms with Crippen LogP contribution in [0.15, 0.2) is 29.1 Å². The summed E-state index contributed by atoms with van der Waals surface area (Å²) in [5, 5.41) is 7.63. The maximum Gasteiger partial charge on any atom is 0.122 e. The molecule has 0 amide bonds. The fraction of sp³-hybridized carbons (Fsp3) is 0.462. The number of aromatic nitrogens is 2. The van der Waals surface area contributed by atoms with Crippen LogP contribution in [0.5, 0.6) is 0 Å². The molecule has 0 bridgehead atoms. The van der Waals surface area contributed by atoms with Gasteiger partial charge in [-0.1, -0.05) is 6.92 Å². The highest BCUT2D eigenvalue weighted by Gasteiger charge is 2.06. The molecular weight excluding hydrogens is 214 g/mol. The fourth-order valence-corrected chi connectivity index (χ4v) is 1.77. The average Bonchev–Trinajstić information content (AvgIpc) is 2.90. The van der Waals surface area contributed by atoms with Gasteiger partial charge in [0, 0.05) is 11.8 Å². The quantitative estimate of drug-likeness (QED) is 0.779. The summed E-state index contributed by atoms with van der Waals surface area (Å²) in [7, 11) is 0. The van der Waals surface area contributed by atoms with E-state index in [1.54, 1.807) is 6.26 Å².